The van der Waals surface area contributed by atoms with Crippen LogP contribution < -0.4 is 0 Å². The van der Waals surface area contributed by atoms with Crippen LogP contribution in [0.2, 0.25) is 10.0 Å². The van der Waals surface area contributed by atoms with Crippen LogP contribution in [-0.2, 0) is 6.54 Å². The Kier molecular flexibility index (Phi) is 5.80. The van der Waals surface area contributed by atoms with Gasteiger partial charge in [-0.2, -0.15) is 5.10 Å². The molecule has 30 heavy (non-hydrogen) atoms. The number of hydrogen-bond donors (Lipinski definition) is 0. The summed E-state index contributed by atoms with van der Waals surface area (Å²) in [6.07, 6.45) is 7.23. The lowest BCUT2D eigenvalue weighted by atomic mass is 10.1. The van der Waals surface area contributed by atoms with Crippen LogP contribution in [0.25, 0.3) is 16.9 Å². The molecule has 0 aliphatic rings. The van der Waals surface area contributed by atoms with Gasteiger partial charge in [0.05, 0.1) is 33.5 Å². The van der Waals surface area contributed by atoms with Crippen LogP contribution in [0.1, 0.15) is 5.56 Å². The Bertz CT molecular complexity index is 1210. The van der Waals surface area contributed by atoms with Crippen molar-refractivity contribution in [3.8, 4) is 16.9 Å². The van der Waals surface area contributed by atoms with Crippen LogP contribution in [0.5, 0.6) is 0 Å². The van der Waals surface area contributed by atoms with Crippen molar-refractivity contribution in [2.45, 2.75) is 11.6 Å². The van der Waals surface area contributed by atoms with Crippen molar-refractivity contribution in [1.29, 1.82) is 0 Å². The second-order valence-electron chi connectivity index (χ2n) is 6.39. The van der Waals surface area contributed by atoms with Gasteiger partial charge in [0.25, 0.3) is 5.69 Å². The van der Waals surface area contributed by atoms with E-state index >= 15 is 0 Å². The van der Waals surface area contributed by atoms with Crippen molar-refractivity contribution >= 4 is 40.7 Å². The lowest BCUT2D eigenvalue weighted by molar-refractivity contribution is -0.384. The minimum Gasteiger partial charge on any atom is -0.302 e. The van der Waals surface area contributed by atoms with E-state index in [0.717, 1.165) is 27.5 Å². The molecule has 0 amide bonds. The molecule has 0 unspecified atom stereocenters. The Morgan fingerprint density at radius 1 is 1.13 bits per heavy atom. The number of thioether (sulfide) groups is 1. The van der Waals surface area contributed by atoms with Gasteiger partial charge in [-0.15, -0.1) is 11.8 Å². The maximum atomic E-state index is 10.9. The molecule has 152 valence electrons. The van der Waals surface area contributed by atoms with E-state index in [2.05, 4.69) is 4.98 Å². The molecule has 0 saturated carbocycles. The largest absolute Gasteiger partial charge is 0.302 e. The van der Waals surface area contributed by atoms with Crippen LogP contribution >= 0.6 is 35.0 Å². The maximum absolute atomic E-state index is 10.9. The van der Waals surface area contributed by atoms with Gasteiger partial charge in [0.1, 0.15) is 10.7 Å². The molecule has 0 saturated heterocycles. The van der Waals surface area contributed by atoms with Gasteiger partial charge >= 0.3 is 0 Å². The van der Waals surface area contributed by atoms with E-state index in [1.165, 1.54) is 23.9 Å². The summed E-state index contributed by atoms with van der Waals surface area (Å²) in [7, 11) is 0. The molecule has 2 heterocycles. The molecule has 0 radical (unpaired) electrons. The molecule has 2 aromatic carbocycles. The van der Waals surface area contributed by atoms with Crippen molar-refractivity contribution < 1.29 is 4.92 Å². The van der Waals surface area contributed by atoms with Crippen LogP contribution in [0.3, 0.4) is 0 Å². The van der Waals surface area contributed by atoms with Crippen molar-refractivity contribution in [1.82, 2.24) is 19.3 Å². The normalized spacial score (nSPS) is 11.0. The van der Waals surface area contributed by atoms with E-state index in [9.17, 15) is 10.1 Å². The van der Waals surface area contributed by atoms with Gasteiger partial charge in [0, 0.05) is 30.1 Å². The highest BCUT2D eigenvalue weighted by Gasteiger charge is 2.21. The summed E-state index contributed by atoms with van der Waals surface area (Å²) in [6.45, 7) is 0.426. The van der Waals surface area contributed by atoms with Gasteiger partial charge in [-0.25, -0.2) is 4.98 Å². The second-order valence-corrected chi connectivity index (χ2v) is 8.00. The van der Waals surface area contributed by atoms with Crippen molar-refractivity contribution in [3.05, 3.63) is 86.9 Å². The summed E-state index contributed by atoms with van der Waals surface area (Å²) in [5.41, 5.74) is 3.50. The summed E-state index contributed by atoms with van der Waals surface area (Å²) in [5, 5.41) is 17.5. The third-order valence-electron chi connectivity index (χ3n) is 4.53. The van der Waals surface area contributed by atoms with E-state index in [1.54, 1.807) is 36.8 Å². The lowest BCUT2D eigenvalue weighted by Gasteiger charge is -2.11. The number of halogens is 2. The monoisotopic (exact) mass is 459 g/mol. The van der Waals surface area contributed by atoms with Gasteiger partial charge in [-0.3, -0.25) is 14.8 Å². The maximum Gasteiger partial charge on any atom is 0.269 e. The van der Waals surface area contributed by atoms with E-state index in [1.807, 2.05) is 27.8 Å². The zero-order valence-electron chi connectivity index (χ0n) is 15.7. The number of aromatic nitrogens is 4. The quantitative estimate of drug-likeness (QED) is 0.209. The Morgan fingerprint density at radius 3 is 2.50 bits per heavy atom. The van der Waals surface area contributed by atoms with E-state index in [0.29, 0.717) is 16.6 Å². The minimum absolute atomic E-state index is 0.0489. The average molecular weight is 460 g/mol. The molecule has 0 atom stereocenters. The van der Waals surface area contributed by atoms with Gasteiger partial charge < -0.3 is 4.57 Å². The number of nitrogens with zero attached hydrogens (tertiary/aromatic N) is 5. The third kappa shape index (κ3) is 3.94. The Labute approximate surface area is 186 Å². The fourth-order valence-corrected chi connectivity index (χ4v) is 4.01. The Morgan fingerprint density at radius 2 is 1.90 bits per heavy atom. The van der Waals surface area contributed by atoms with Crippen molar-refractivity contribution in [2.75, 3.05) is 6.26 Å². The van der Waals surface area contributed by atoms with Gasteiger partial charge in [-0.1, -0.05) is 41.4 Å². The number of nitro benzene ring substituents is 1. The molecule has 0 aliphatic carbocycles. The van der Waals surface area contributed by atoms with E-state index in [-0.39, 0.29) is 5.69 Å². The highest BCUT2D eigenvalue weighted by atomic mass is 35.5. The topological polar surface area (TPSA) is 78.8 Å². The molecular weight excluding hydrogens is 445 g/mol. The van der Waals surface area contributed by atoms with Crippen molar-refractivity contribution in [2.24, 2.45) is 0 Å². The van der Waals surface area contributed by atoms with Crippen LogP contribution in [0.4, 0.5) is 5.69 Å². The summed E-state index contributed by atoms with van der Waals surface area (Å²) >= 11 is 13.9. The number of benzene rings is 2. The first-order valence-corrected chi connectivity index (χ1v) is 10.8. The van der Waals surface area contributed by atoms with Crippen LogP contribution in [0.15, 0.2) is 66.2 Å². The van der Waals surface area contributed by atoms with Crippen LogP contribution in [0, 0.1) is 10.1 Å². The highest BCUT2D eigenvalue weighted by Crippen LogP contribution is 2.37. The number of nitro groups is 1. The summed E-state index contributed by atoms with van der Waals surface area (Å²) < 4.78 is 3.77. The van der Waals surface area contributed by atoms with E-state index in [4.69, 9.17) is 28.3 Å². The predicted octanol–water partition coefficient (Wildman–Crippen LogP) is 5.72. The predicted molar refractivity (Wildman–Crippen MR) is 119 cm³/mol. The van der Waals surface area contributed by atoms with E-state index < -0.39 is 4.92 Å². The fourth-order valence-electron chi connectivity index (χ4n) is 3.13. The molecule has 10 heteroatoms. The molecule has 2 aromatic heterocycles. The fraction of sp³-hybridized carbons (Fsp3) is 0.100. The first-order chi connectivity index (χ1) is 14.5. The van der Waals surface area contributed by atoms with Crippen LogP contribution in [-0.4, -0.2) is 30.5 Å². The zero-order chi connectivity index (χ0) is 21.3. The molecule has 0 N–H and O–H groups in total. The Hall–Kier alpha value is -2.81. The molecule has 7 nitrogen and oxygen atoms in total. The molecule has 0 aliphatic heterocycles. The van der Waals surface area contributed by atoms with Gasteiger partial charge in [-0.05, 0) is 24.0 Å². The zero-order valence-corrected chi connectivity index (χ0v) is 18.0. The molecule has 4 aromatic rings. The average Bonchev–Trinajstić information content (AvgIpc) is 3.38. The molecule has 0 fully saturated rings. The standard InChI is InChI=1S/C20H15Cl2N5O2S/c1-30-20-19(25-9-8-23-12-25)18(14-4-7-16(21)17(22)10-14)26(24-20)11-13-2-5-15(6-3-13)27(28)29/h2-10,12H,11H2,1H3. The van der Waals surface area contributed by atoms with Gasteiger partial charge in [0.2, 0.25) is 0 Å². The first-order valence-electron chi connectivity index (χ1n) is 8.80. The van der Waals surface area contributed by atoms with Gasteiger partial charge in [0.15, 0.2) is 0 Å². The SMILES string of the molecule is CSc1nn(Cc2ccc([N+](=O)[O-])cc2)c(-c2ccc(Cl)c(Cl)c2)c1-n1ccnc1. The molecular formula is C20H15Cl2N5O2S. The second kappa shape index (κ2) is 8.51. The smallest absolute Gasteiger partial charge is 0.269 e. The summed E-state index contributed by atoms with van der Waals surface area (Å²) in [4.78, 5) is 14.7. The molecule has 0 bridgehead atoms. The Balaban J connectivity index is 1.87. The molecule has 0 spiro atoms. The lowest BCUT2D eigenvalue weighted by Crippen LogP contribution is -2.05. The van der Waals surface area contributed by atoms with Crippen molar-refractivity contribution in [3.63, 3.8) is 0 Å². The minimum atomic E-state index is -0.415. The molecule has 4 rings (SSSR count). The number of non-ortho nitro benzene ring substituents is 1. The highest BCUT2D eigenvalue weighted by molar-refractivity contribution is 7.98. The summed E-state index contributed by atoms with van der Waals surface area (Å²) in [6, 6.07) is 11.9. The number of imidazole rings is 1. The number of rotatable bonds is 6. The number of hydrogen-bond acceptors (Lipinski definition) is 5. The summed E-state index contributed by atoms with van der Waals surface area (Å²) in [5.74, 6) is 0. The first kappa shape index (κ1) is 20.5. The third-order valence-corrected chi connectivity index (χ3v) is 5.93.